The lowest BCUT2D eigenvalue weighted by molar-refractivity contribution is 0.252. The summed E-state index contributed by atoms with van der Waals surface area (Å²) >= 11 is 1.18. The van der Waals surface area contributed by atoms with Crippen LogP contribution in [0.2, 0.25) is 0 Å². The van der Waals surface area contributed by atoms with Gasteiger partial charge in [-0.3, -0.25) is 10.3 Å². The first-order valence-corrected chi connectivity index (χ1v) is 7.76. The molecule has 0 atom stereocenters. The highest BCUT2D eigenvalue weighted by Crippen LogP contribution is 2.34. The third-order valence-electron chi connectivity index (χ3n) is 3.13. The molecule has 2 amide bonds. The van der Waals surface area contributed by atoms with Gasteiger partial charge in [0.2, 0.25) is 0 Å². The Hall–Kier alpha value is -2.48. The van der Waals surface area contributed by atoms with Gasteiger partial charge in [-0.1, -0.05) is 28.9 Å². The van der Waals surface area contributed by atoms with E-state index in [1.165, 1.54) is 17.4 Å². The predicted molar refractivity (Wildman–Crippen MR) is 90.9 cm³/mol. The van der Waals surface area contributed by atoms with Gasteiger partial charge >= 0.3 is 6.03 Å². The fourth-order valence-corrected chi connectivity index (χ4v) is 3.12. The summed E-state index contributed by atoms with van der Waals surface area (Å²) in [6.45, 7) is 2.29. The Morgan fingerprint density at radius 3 is 2.96 bits per heavy atom. The van der Waals surface area contributed by atoms with Crippen molar-refractivity contribution < 1.29 is 9.18 Å². The number of carbonyl (C=O) groups is 1. The van der Waals surface area contributed by atoms with Crippen LogP contribution in [0, 0.1) is 5.82 Å². The number of urea groups is 1. The molecule has 0 spiro atoms. The number of amides is 2. The Morgan fingerprint density at radius 2 is 2.26 bits per heavy atom. The van der Waals surface area contributed by atoms with Gasteiger partial charge in [0.05, 0.1) is 10.4 Å². The zero-order valence-electron chi connectivity index (χ0n) is 12.3. The fraction of sp³-hybridized carbons (Fsp3) is 0.133. The van der Waals surface area contributed by atoms with Crippen LogP contribution in [-0.2, 0) is 0 Å². The maximum Gasteiger partial charge on any atom is 0.321 e. The van der Waals surface area contributed by atoms with Gasteiger partial charge in [0, 0.05) is 18.3 Å². The van der Waals surface area contributed by atoms with Gasteiger partial charge in [-0.25, -0.2) is 14.2 Å². The number of fused-ring (bicyclic) bond motifs is 1. The van der Waals surface area contributed by atoms with Crippen LogP contribution in [0.5, 0.6) is 0 Å². The van der Waals surface area contributed by atoms with Crippen molar-refractivity contribution in [2.75, 3.05) is 11.9 Å². The van der Waals surface area contributed by atoms with Gasteiger partial charge in [-0.15, -0.1) is 0 Å². The van der Waals surface area contributed by atoms with Crippen LogP contribution in [0.15, 0.2) is 30.5 Å². The third kappa shape index (κ3) is 3.02. The van der Waals surface area contributed by atoms with Crippen LogP contribution in [0.25, 0.3) is 21.5 Å². The molecule has 0 saturated carbocycles. The molecule has 0 bridgehead atoms. The minimum atomic E-state index is -0.597. The monoisotopic (exact) mass is 326 g/mol. The second kappa shape index (κ2) is 6.33. The van der Waals surface area contributed by atoms with E-state index in [9.17, 15) is 9.18 Å². The molecule has 5 nitrogen and oxygen atoms in total. The van der Waals surface area contributed by atoms with Crippen molar-refractivity contribution in [1.82, 2.24) is 15.3 Å². The second-order valence-corrected chi connectivity index (χ2v) is 5.72. The number of hydrogen-bond donors (Lipinski definition) is 2. The van der Waals surface area contributed by atoms with E-state index in [1.807, 2.05) is 12.1 Å². The van der Waals surface area contributed by atoms with Gasteiger partial charge in [-0.05, 0) is 19.1 Å². The zero-order valence-corrected chi connectivity index (χ0v) is 13.1. The molecule has 0 aliphatic carbocycles. The molecule has 2 N–H and O–H groups in total. The average Bonchev–Trinajstić information content (AvgIpc) is 2.96. The number of halogens is 1. The Kier molecular flexibility index (Phi) is 4.25. The molecule has 0 unspecified atom stereocenters. The predicted octanol–water partition coefficient (Wildman–Crippen LogP) is 2.43. The van der Waals surface area contributed by atoms with Crippen LogP contribution < -0.4 is 16.1 Å². The van der Waals surface area contributed by atoms with E-state index in [0.717, 1.165) is 0 Å². The van der Waals surface area contributed by atoms with E-state index in [0.29, 0.717) is 27.6 Å². The smallest absolute Gasteiger partial charge is 0.321 e. The Labute approximate surface area is 137 Å². The summed E-state index contributed by atoms with van der Waals surface area (Å²) < 4.78 is 14.8. The van der Waals surface area contributed by atoms with Crippen molar-refractivity contribution in [3.05, 3.63) is 36.3 Å². The molecule has 114 valence electrons. The van der Waals surface area contributed by atoms with Gasteiger partial charge < -0.3 is 5.32 Å². The molecular weight excluding hydrogens is 314 g/mol. The second-order valence-electron chi connectivity index (χ2n) is 4.72. The van der Waals surface area contributed by atoms with Crippen LogP contribution in [0.3, 0.4) is 0 Å². The number of carbonyl (C=O) groups excluding carboxylic acids is 1. The van der Waals surface area contributed by atoms with Gasteiger partial charge in [0.15, 0.2) is 5.13 Å². The molecule has 1 aromatic carbocycles. The maximum absolute atomic E-state index is 14.3. The lowest BCUT2D eigenvalue weighted by Crippen LogP contribution is -2.28. The summed E-state index contributed by atoms with van der Waals surface area (Å²) in [5.74, 6) is -0.597. The molecule has 2 heterocycles. The number of nitrogens with zero attached hydrogens (tertiary/aromatic N) is 2. The molecule has 3 rings (SSSR count). The molecule has 23 heavy (non-hydrogen) atoms. The number of aromatic nitrogens is 2. The number of nitrogens with one attached hydrogen (secondary N) is 2. The van der Waals surface area contributed by atoms with E-state index in [-0.39, 0.29) is 17.0 Å². The van der Waals surface area contributed by atoms with Crippen molar-refractivity contribution in [1.29, 1.82) is 0 Å². The Bertz CT molecular complexity index is 869. The zero-order chi connectivity index (χ0) is 16.4. The average molecular weight is 326 g/mol. The van der Waals surface area contributed by atoms with Crippen LogP contribution in [-0.4, -0.2) is 30.4 Å². The quantitative estimate of drug-likeness (QED) is 0.727. The van der Waals surface area contributed by atoms with Crippen LogP contribution >= 0.6 is 11.3 Å². The molecule has 8 heteroatoms. The molecule has 0 fully saturated rings. The summed E-state index contributed by atoms with van der Waals surface area (Å²) in [5.41, 5.74) is 1.47. The minimum Gasteiger partial charge on any atom is -0.338 e. The summed E-state index contributed by atoms with van der Waals surface area (Å²) in [6.07, 6.45) is 1.65. The van der Waals surface area contributed by atoms with E-state index in [2.05, 4.69) is 20.6 Å². The molecule has 3 aromatic rings. The van der Waals surface area contributed by atoms with E-state index in [1.54, 1.807) is 19.2 Å². The lowest BCUT2D eigenvalue weighted by Gasteiger charge is -2.05. The van der Waals surface area contributed by atoms with Gasteiger partial charge in [0.25, 0.3) is 0 Å². The van der Waals surface area contributed by atoms with Crippen LogP contribution in [0.4, 0.5) is 14.3 Å². The number of hydrogen-bond acceptors (Lipinski definition) is 4. The van der Waals surface area contributed by atoms with Crippen molar-refractivity contribution in [2.24, 2.45) is 0 Å². The van der Waals surface area contributed by atoms with Crippen molar-refractivity contribution >= 4 is 46.0 Å². The largest absolute Gasteiger partial charge is 0.338 e. The SMILES string of the molecule is [B]c1cc(-c2ccccn2)c2sc(NC(=O)NCC)nc2c1F. The summed E-state index contributed by atoms with van der Waals surface area (Å²) in [4.78, 5) is 20.0. The summed E-state index contributed by atoms with van der Waals surface area (Å²) in [5, 5.41) is 5.48. The molecule has 0 aliphatic heterocycles. The Balaban J connectivity index is 2.13. The highest BCUT2D eigenvalue weighted by Gasteiger charge is 2.17. The molecular formula is C15H12BFN4OS. The van der Waals surface area contributed by atoms with Gasteiger partial charge in [-0.2, -0.15) is 0 Å². The molecule has 2 radical (unpaired) electrons. The third-order valence-corrected chi connectivity index (χ3v) is 4.14. The first kappa shape index (κ1) is 15.4. The first-order valence-electron chi connectivity index (χ1n) is 6.95. The molecule has 0 aliphatic rings. The number of pyridine rings is 1. The molecule has 2 aromatic heterocycles. The van der Waals surface area contributed by atoms with Crippen molar-refractivity contribution in [2.45, 2.75) is 6.92 Å². The topological polar surface area (TPSA) is 66.9 Å². The summed E-state index contributed by atoms with van der Waals surface area (Å²) in [7, 11) is 5.74. The number of anilines is 1. The number of rotatable bonds is 3. The normalized spacial score (nSPS) is 10.7. The van der Waals surface area contributed by atoms with E-state index in [4.69, 9.17) is 7.85 Å². The van der Waals surface area contributed by atoms with Crippen molar-refractivity contribution in [3.8, 4) is 11.3 Å². The van der Waals surface area contributed by atoms with E-state index < -0.39 is 5.82 Å². The van der Waals surface area contributed by atoms with Gasteiger partial charge in [0.1, 0.15) is 19.2 Å². The number of thiazole rings is 1. The minimum absolute atomic E-state index is 0.00647. The van der Waals surface area contributed by atoms with E-state index >= 15 is 0 Å². The fourth-order valence-electron chi connectivity index (χ4n) is 2.14. The first-order chi connectivity index (χ1) is 11.1. The lowest BCUT2D eigenvalue weighted by atomic mass is 9.92. The number of benzene rings is 1. The Morgan fingerprint density at radius 1 is 1.43 bits per heavy atom. The highest BCUT2D eigenvalue weighted by molar-refractivity contribution is 7.22. The molecule has 0 saturated heterocycles. The highest BCUT2D eigenvalue weighted by atomic mass is 32.1. The van der Waals surface area contributed by atoms with Crippen molar-refractivity contribution in [3.63, 3.8) is 0 Å². The van der Waals surface area contributed by atoms with Crippen LogP contribution in [0.1, 0.15) is 6.92 Å². The summed E-state index contributed by atoms with van der Waals surface area (Å²) in [6, 6.07) is 6.58. The maximum atomic E-state index is 14.3. The standard InChI is InChI=1S/C15H12BFN4OS/c1-2-18-14(22)21-15-20-12-11(17)9(16)7-8(13(12)23-15)10-5-3-4-6-19-10/h3-7H,2H2,1H3,(H2,18,20,21,22).